The molecule has 31 heavy (non-hydrogen) atoms. The Labute approximate surface area is 181 Å². The second kappa shape index (κ2) is 9.17. The summed E-state index contributed by atoms with van der Waals surface area (Å²) in [5, 5.41) is 7.70. The Morgan fingerprint density at radius 1 is 0.903 bits per heavy atom. The van der Waals surface area contributed by atoms with Crippen molar-refractivity contribution in [3.63, 3.8) is 0 Å². The molecule has 0 atom stereocenters. The molecule has 0 bridgehead atoms. The largest absolute Gasteiger partial charge is 0.497 e. The number of para-hydroxylation sites is 1. The number of rotatable bonds is 7. The van der Waals surface area contributed by atoms with Crippen molar-refractivity contribution in [2.24, 2.45) is 0 Å². The molecule has 0 aliphatic carbocycles. The molecule has 0 saturated heterocycles. The number of hydrogen-bond acceptors (Lipinski definition) is 4. The molecule has 1 amide bonds. The van der Waals surface area contributed by atoms with E-state index in [9.17, 15) is 4.79 Å². The normalized spacial score (nSPS) is 10.5. The summed E-state index contributed by atoms with van der Waals surface area (Å²) >= 11 is 0. The van der Waals surface area contributed by atoms with Crippen LogP contribution < -0.4 is 14.8 Å². The van der Waals surface area contributed by atoms with Crippen LogP contribution in [0.1, 0.15) is 15.9 Å². The fraction of sp³-hybridized carbons (Fsp3) is 0.120. The lowest BCUT2D eigenvalue weighted by Crippen LogP contribution is -2.23. The SMILES string of the molecule is COc1cccc(CNC(=O)c2cn(-c3ccccc3)nc2-c2cccc(OC)c2)c1. The third-order valence-electron chi connectivity index (χ3n) is 4.91. The van der Waals surface area contributed by atoms with Gasteiger partial charge >= 0.3 is 0 Å². The zero-order valence-electron chi connectivity index (χ0n) is 17.4. The summed E-state index contributed by atoms with van der Waals surface area (Å²) in [4.78, 5) is 13.1. The van der Waals surface area contributed by atoms with Gasteiger partial charge in [-0.25, -0.2) is 4.68 Å². The summed E-state index contributed by atoms with van der Waals surface area (Å²) in [7, 11) is 3.24. The van der Waals surface area contributed by atoms with E-state index in [4.69, 9.17) is 14.6 Å². The standard InChI is InChI=1S/C25H23N3O3/c1-30-21-12-6-8-18(14-21)16-26-25(29)23-17-28(20-10-4-3-5-11-20)27-24(23)19-9-7-13-22(15-19)31-2/h3-15,17H,16H2,1-2H3,(H,26,29). The number of aromatic nitrogens is 2. The second-order valence-corrected chi connectivity index (χ2v) is 6.94. The highest BCUT2D eigenvalue weighted by molar-refractivity contribution is 6.00. The van der Waals surface area contributed by atoms with Crippen LogP contribution in [-0.4, -0.2) is 29.9 Å². The van der Waals surface area contributed by atoms with Gasteiger partial charge in [0.15, 0.2) is 0 Å². The summed E-state index contributed by atoms with van der Waals surface area (Å²) in [6.45, 7) is 0.379. The fourth-order valence-electron chi connectivity index (χ4n) is 3.30. The molecule has 4 rings (SSSR count). The number of nitrogens with one attached hydrogen (secondary N) is 1. The van der Waals surface area contributed by atoms with Crippen molar-refractivity contribution in [3.05, 3.63) is 96.2 Å². The maximum Gasteiger partial charge on any atom is 0.255 e. The van der Waals surface area contributed by atoms with Gasteiger partial charge in [-0.15, -0.1) is 0 Å². The summed E-state index contributed by atoms with van der Waals surface area (Å²) in [5.41, 5.74) is 3.70. The van der Waals surface area contributed by atoms with E-state index in [1.807, 2.05) is 78.9 Å². The molecule has 0 radical (unpaired) electrons. The van der Waals surface area contributed by atoms with Gasteiger partial charge in [0.1, 0.15) is 17.2 Å². The van der Waals surface area contributed by atoms with E-state index in [2.05, 4.69) is 5.32 Å². The molecular weight excluding hydrogens is 390 g/mol. The van der Waals surface area contributed by atoms with E-state index in [0.29, 0.717) is 23.6 Å². The fourth-order valence-corrected chi connectivity index (χ4v) is 3.30. The molecule has 3 aromatic carbocycles. The van der Waals surface area contributed by atoms with E-state index in [1.165, 1.54) is 0 Å². The number of carbonyl (C=O) groups excluding carboxylic acids is 1. The van der Waals surface area contributed by atoms with E-state index in [1.54, 1.807) is 25.1 Å². The number of nitrogens with zero attached hydrogens (tertiary/aromatic N) is 2. The number of ether oxygens (including phenoxy) is 2. The lowest BCUT2D eigenvalue weighted by molar-refractivity contribution is 0.0951. The summed E-state index contributed by atoms with van der Waals surface area (Å²) < 4.78 is 12.3. The topological polar surface area (TPSA) is 65.4 Å². The molecule has 0 fully saturated rings. The Morgan fingerprint density at radius 3 is 2.35 bits per heavy atom. The van der Waals surface area contributed by atoms with Gasteiger partial charge in [0.05, 0.1) is 25.5 Å². The molecule has 0 aliphatic rings. The minimum absolute atomic E-state index is 0.206. The highest BCUT2D eigenvalue weighted by Gasteiger charge is 2.19. The van der Waals surface area contributed by atoms with Crippen LogP contribution in [0, 0.1) is 0 Å². The number of benzene rings is 3. The summed E-state index contributed by atoms with van der Waals surface area (Å²) in [6, 6.07) is 24.8. The quantitative estimate of drug-likeness (QED) is 0.485. The summed E-state index contributed by atoms with van der Waals surface area (Å²) in [6.07, 6.45) is 1.76. The third kappa shape index (κ3) is 4.59. The van der Waals surface area contributed by atoms with Crippen LogP contribution in [0.15, 0.2) is 85.1 Å². The predicted octanol–water partition coefficient (Wildman–Crippen LogP) is 4.49. The third-order valence-corrected chi connectivity index (χ3v) is 4.91. The summed E-state index contributed by atoms with van der Waals surface area (Å²) in [5.74, 6) is 1.25. The molecule has 1 heterocycles. The van der Waals surface area contributed by atoms with Crippen LogP contribution in [-0.2, 0) is 6.54 Å². The maximum absolute atomic E-state index is 13.1. The molecular formula is C25H23N3O3. The molecule has 6 heteroatoms. The molecule has 6 nitrogen and oxygen atoms in total. The van der Waals surface area contributed by atoms with Gasteiger partial charge in [0.2, 0.25) is 0 Å². The molecule has 1 N–H and O–H groups in total. The predicted molar refractivity (Wildman–Crippen MR) is 120 cm³/mol. The highest BCUT2D eigenvalue weighted by atomic mass is 16.5. The van der Waals surface area contributed by atoms with E-state index < -0.39 is 0 Å². The number of hydrogen-bond donors (Lipinski definition) is 1. The zero-order chi connectivity index (χ0) is 21.6. The smallest absolute Gasteiger partial charge is 0.255 e. The molecule has 0 saturated carbocycles. The van der Waals surface area contributed by atoms with Gasteiger partial charge in [-0.1, -0.05) is 42.5 Å². The molecule has 0 aliphatic heterocycles. The Morgan fingerprint density at radius 2 is 1.61 bits per heavy atom. The molecule has 1 aromatic heterocycles. The van der Waals surface area contributed by atoms with E-state index >= 15 is 0 Å². The average Bonchev–Trinajstić information content (AvgIpc) is 3.29. The van der Waals surface area contributed by atoms with Crippen molar-refractivity contribution in [3.8, 4) is 28.4 Å². The van der Waals surface area contributed by atoms with Gasteiger partial charge in [-0.05, 0) is 42.0 Å². The Balaban J connectivity index is 1.67. The Bertz CT molecular complexity index is 1190. The van der Waals surface area contributed by atoms with Crippen molar-refractivity contribution in [1.29, 1.82) is 0 Å². The van der Waals surface area contributed by atoms with Gasteiger partial charge in [0.25, 0.3) is 5.91 Å². The Hall–Kier alpha value is -4.06. The van der Waals surface area contributed by atoms with Crippen LogP contribution in [0.25, 0.3) is 16.9 Å². The van der Waals surface area contributed by atoms with Gasteiger partial charge in [-0.2, -0.15) is 5.10 Å². The second-order valence-electron chi connectivity index (χ2n) is 6.94. The molecule has 0 unspecified atom stereocenters. The van der Waals surface area contributed by atoms with Crippen LogP contribution in [0.3, 0.4) is 0 Å². The lowest BCUT2D eigenvalue weighted by Gasteiger charge is -2.08. The van der Waals surface area contributed by atoms with Crippen molar-refractivity contribution < 1.29 is 14.3 Å². The number of carbonyl (C=O) groups is 1. The van der Waals surface area contributed by atoms with E-state index in [-0.39, 0.29) is 5.91 Å². The highest BCUT2D eigenvalue weighted by Crippen LogP contribution is 2.27. The van der Waals surface area contributed by atoms with Crippen LogP contribution in [0.4, 0.5) is 0 Å². The van der Waals surface area contributed by atoms with Gasteiger partial charge < -0.3 is 14.8 Å². The van der Waals surface area contributed by atoms with Crippen molar-refractivity contribution in [1.82, 2.24) is 15.1 Å². The first-order chi connectivity index (χ1) is 15.2. The van der Waals surface area contributed by atoms with E-state index in [0.717, 1.165) is 22.6 Å². The van der Waals surface area contributed by atoms with Gasteiger partial charge in [0, 0.05) is 18.3 Å². The monoisotopic (exact) mass is 413 g/mol. The zero-order valence-corrected chi connectivity index (χ0v) is 17.4. The first-order valence-corrected chi connectivity index (χ1v) is 9.88. The first kappa shape index (κ1) is 20.2. The molecule has 156 valence electrons. The number of methoxy groups -OCH3 is 2. The van der Waals surface area contributed by atoms with Crippen molar-refractivity contribution >= 4 is 5.91 Å². The van der Waals surface area contributed by atoms with Crippen LogP contribution in [0.2, 0.25) is 0 Å². The van der Waals surface area contributed by atoms with Crippen molar-refractivity contribution in [2.75, 3.05) is 14.2 Å². The van der Waals surface area contributed by atoms with Crippen LogP contribution >= 0.6 is 0 Å². The molecule has 0 spiro atoms. The number of amides is 1. The lowest BCUT2D eigenvalue weighted by atomic mass is 10.1. The minimum atomic E-state index is -0.206. The first-order valence-electron chi connectivity index (χ1n) is 9.88. The average molecular weight is 413 g/mol. The maximum atomic E-state index is 13.1. The Kier molecular flexibility index (Phi) is 5.98. The minimum Gasteiger partial charge on any atom is -0.497 e. The molecule has 4 aromatic rings. The van der Waals surface area contributed by atoms with Gasteiger partial charge in [-0.3, -0.25) is 4.79 Å². The van der Waals surface area contributed by atoms with Crippen LogP contribution in [0.5, 0.6) is 11.5 Å². The van der Waals surface area contributed by atoms with Crippen molar-refractivity contribution in [2.45, 2.75) is 6.54 Å².